The number of benzene rings is 1. The smallest absolute Gasteiger partial charge is 0.273 e. The molecule has 1 saturated carbocycles. The van der Waals surface area contributed by atoms with Crippen molar-refractivity contribution >= 4 is 11.5 Å². The first-order valence-electron chi connectivity index (χ1n) is 6.20. The predicted molar refractivity (Wildman–Crippen MR) is 69.1 cm³/mol. The largest absolute Gasteiger partial charge is 0.493 e. The third-order valence-electron chi connectivity index (χ3n) is 3.04. The number of Topliss-reactive ketones (excluding diaryl/α,β-unsaturated/α-hetero) is 1. The Hall–Kier alpha value is -2.15. The molecule has 0 aliphatic heterocycles. The molecule has 0 bridgehead atoms. The zero-order chi connectivity index (χ0) is 14.7. The third kappa shape index (κ3) is 2.72. The predicted octanol–water partition coefficient (Wildman–Crippen LogP) is 1.73. The van der Waals surface area contributed by atoms with E-state index in [2.05, 4.69) is 0 Å². The molecule has 2 atom stereocenters. The molecular formula is C13H15NO6. The lowest BCUT2D eigenvalue weighted by atomic mass is 9.90. The van der Waals surface area contributed by atoms with Crippen molar-refractivity contribution in [2.75, 3.05) is 13.7 Å². The van der Waals surface area contributed by atoms with Gasteiger partial charge in [0.05, 0.1) is 18.1 Å². The lowest BCUT2D eigenvalue weighted by Gasteiger charge is -2.34. The molecule has 1 aromatic rings. The maximum absolute atomic E-state index is 11.4. The second kappa shape index (κ2) is 5.87. The van der Waals surface area contributed by atoms with Crippen molar-refractivity contribution in [3.8, 4) is 11.5 Å². The molecule has 0 aromatic heterocycles. The summed E-state index contributed by atoms with van der Waals surface area (Å²) in [5.41, 5.74) is -0.0978. The summed E-state index contributed by atoms with van der Waals surface area (Å²) in [6, 6.07) is 4.08. The number of nitro groups is 1. The summed E-state index contributed by atoms with van der Waals surface area (Å²) in [4.78, 5) is 21.7. The molecule has 108 valence electrons. The average molecular weight is 281 g/mol. The van der Waals surface area contributed by atoms with Gasteiger partial charge in [-0.05, 0) is 13.0 Å². The fourth-order valence-electron chi connectivity index (χ4n) is 1.99. The second-order valence-electron chi connectivity index (χ2n) is 4.29. The van der Waals surface area contributed by atoms with E-state index < -0.39 is 17.1 Å². The summed E-state index contributed by atoms with van der Waals surface area (Å²) in [6.07, 6.45) is -0.807. The van der Waals surface area contributed by atoms with Crippen molar-refractivity contribution in [1.82, 2.24) is 0 Å². The maximum Gasteiger partial charge on any atom is 0.273 e. The lowest BCUT2D eigenvalue weighted by Crippen LogP contribution is -2.52. The molecule has 0 heterocycles. The van der Waals surface area contributed by atoms with Crippen LogP contribution in [0.3, 0.4) is 0 Å². The van der Waals surface area contributed by atoms with Gasteiger partial charge in [0.2, 0.25) is 0 Å². The van der Waals surface area contributed by atoms with Crippen LogP contribution in [-0.4, -0.2) is 36.6 Å². The van der Waals surface area contributed by atoms with Crippen molar-refractivity contribution < 1.29 is 23.9 Å². The van der Waals surface area contributed by atoms with E-state index in [0.29, 0.717) is 12.4 Å². The van der Waals surface area contributed by atoms with Crippen molar-refractivity contribution in [1.29, 1.82) is 0 Å². The van der Waals surface area contributed by atoms with Crippen molar-refractivity contribution in [3.05, 3.63) is 28.3 Å². The fraction of sp³-hybridized carbons (Fsp3) is 0.462. The summed E-state index contributed by atoms with van der Waals surface area (Å²) in [7, 11) is 1.44. The molecule has 0 spiro atoms. The molecule has 0 saturated heterocycles. The molecule has 1 fully saturated rings. The van der Waals surface area contributed by atoms with Crippen LogP contribution in [0.5, 0.6) is 11.5 Å². The monoisotopic (exact) mass is 281 g/mol. The Morgan fingerprint density at radius 3 is 2.70 bits per heavy atom. The van der Waals surface area contributed by atoms with Gasteiger partial charge >= 0.3 is 0 Å². The summed E-state index contributed by atoms with van der Waals surface area (Å²) < 4.78 is 16.0. The number of non-ortho nitro benzene ring substituents is 1. The summed E-state index contributed by atoms with van der Waals surface area (Å²) >= 11 is 0. The Bertz CT molecular complexity index is 530. The average Bonchev–Trinajstić information content (AvgIpc) is 2.44. The molecule has 1 aromatic carbocycles. The van der Waals surface area contributed by atoms with E-state index in [0.717, 1.165) is 0 Å². The molecule has 0 amide bonds. The van der Waals surface area contributed by atoms with Crippen LogP contribution >= 0.6 is 0 Å². The van der Waals surface area contributed by atoms with Gasteiger partial charge in [-0.25, -0.2) is 0 Å². The second-order valence-corrected chi connectivity index (χ2v) is 4.29. The van der Waals surface area contributed by atoms with Gasteiger partial charge < -0.3 is 14.2 Å². The Kier molecular flexibility index (Phi) is 4.19. The minimum Gasteiger partial charge on any atom is -0.493 e. The summed E-state index contributed by atoms with van der Waals surface area (Å²) in [6.45, 7) is 2.19. The van der Waals surface area contributed by atoms with Crippen LogP contribution in [-0.2, 0) is 9.53 Å². The number of ketones is 1. The van der Waals surface area contributed by atoms with Gasteiger partial charge in [-0.1, -0.05) is 0 Å². The molecule has 7 heteroatoms. The van der Waals surface area contributed by atoms with E-state index in [-0.39, 0.29) is 23.6 Å². The van der Waals surface area contributed by atoms with E-state index in [9.17, 15) is 14.9 Å². The molecule has 7 nitrogen and oxygen atoms in total. The van der Waals surface area contributed by atoms with Crippen LogP contribution in [0.1, 0.15) is 13.3 Å². The quantitative estimate of drug-likeness (QED) is 0.583. The highest BCUT2D eigenvalue weighted by Crippen LogP contribution is 2.35. The lowest BCUT2D eigenvalue weighted by molar-refractivity contribution is -0.385. The van der Waals surface area contributed by atoms with E-state index in [1.165, 1.54) is 25.3 Å². The number of nitrogens with zero attached hydrogens (tertiary/aromatic N) is 1. The number of rotatable bonds is 6. The van der Waals surface area contributed by atoms with E-state index in [4.69, 9.17) is 14.2 Å². The topological polar surface area (TPSA) is 87.9 Å². The van der Waals surface area contributed by atoms with Crippen molar-refractivity contribution in [2.45, 2.75) is 25.6 Å². The number of carbonyl (C=O) groups is 1. The molecule has 2 rings (SSSR count). The van der Waals surface area contributed by atoms with Gasteiger partial charge in [0.1, 0.15) is 6.10 Å². The Labute approximate surface area is 115 Å². The normalized spacial score (nSPS) is 21.2. The van der Waals surface area contributed by atoms with Crippen molar-refractivity contribution in [2.24, 2.45) is 0 Å². The van der Waals surface area contributed by atoms with Crippen LogP contribution in [0.2, 0.25) is 0 Å². The SMILES string of the molecule is CCOC1C(=O)CC1Oc1cc([N+](=O)[O-])ccc1OC. The first-order chi connectivity index (χ1) is 9.56. The zero-order valence-electron chi connectivity index (χ0n) is 11.2. The minimum absolute atomic E-state index is 0.0266. The van der Waals surface area contributed by atoms with E-state index in [1.807, 2.05) is 0 Å². The van der Waals surface area contributed by atoms with Crippen LogP contribution in [0.4, 0.5) is 5.69 Å². The molecule has 0 radical (unpaired) electrons. The van der Waals surface area contributed by atoms with Gasteiger partial charge in [0.15, 0.2) is 23.4 Å². The third-order valence-corrected chi connectivity index (χ3v) is 3.04. The van der Waals surface area contributed by atoms with Crippen LogP contribution in [0.25, 0.3) is 0 Å². The molecule has 2 unspecified atom stereocenters. The Morgan fingerprint density at radius 1 is 1.40 bits per heavy atom. The first kappa shape index (κ1) is 14.3. The first-order valence-corrected chi connectivity index (χ1v) is 6.20. The highest BCUT2D eigenvalue weighted by atomic mass is 16.6. The van der Waals surface area contributed by atoms with Gasteiger partial charge in [0.25, 0.3) is 5.69 Å². The van der Waals surface area contributed by atoms with Crippen LogP contribution in [0.15, 0.2) is 18.2 Å². The van der Waals surface area contributed by atoms with Crippen LogP contribution < -0.4 is 9.47 Å². The molecule has 0 N–H and O–H groups in total. The van der Waals surface area contributed by atoms with E-state index in [1.54, 1.807) is 6.92 Å². The summed E-state index contributed by atoms with van der Waals surface area (Å²) in [5.74, 6) is 0.593. The molecular weight excluding hydrogens is 266 g/mol. The number of hydrogen-bond donors (Lipinski definition) is 0. The zero-order valence-corrected chi connectivity index (χ0v) is 11.2. The Balaban J connectivity index is 2.17. The minimum atomic E-state index is -0.607. The van der Waals surface area contributed by atoms with Gasteiger partial charge in [-0.2, -0.15) is 0 Å². The van der Waals surface area contributed by atoms with E-state index >= 15 is 0 Å². The molecule has 1 aliphatic carbocycles. The number of hydrogen-bond acceptors (Lipinski definition) is 6. The number of nitro benzene ring substituents is 1. The maximum atomic E-state index is 11.4. The number of carbonyl (C=O) groups excluding carboxylic acids is 1. The van der Waals surface area contributed by atoms with Gasteiger partial charge in [-0.15, -0.1) is 0 Å². The van der Waals surface area contributed by atoms with Gasteiger partial charge in [0, 0.05) is 19.1 Å². The summed E-state index contributed by atoms with van der Waals surface area (Å²) in [5, 5.41) is 10.8. The fourth-order valence-corrected chi connectivity index (χ4v) is 1.99. The Morgan fingerprint density at radius 2 is 2.15 bits per heavy atom. The number of methoxy groups -OCH3 is 1. The number of ether oxygens (including phenoxy) is 3. The van der Waals surface area contributed by atoms with Gasteiger partial charge in [-0.3, -0.25) is 14.9 Å². The van der Waals surface area contributed by atoms with Crippen molar-refractivity contribution in [3.63, 3.8) is 0 Å². The molecule has 20 heavy (non-hydrogen) atoms. The standard InChI is InChI=1S/C13H15NO6/c1-3-19-13-9(15)7-12(13)20-11-6-8(14(16)17)4-5-10(11)18-2/h4-6,12-13H,3,7H2,1-2H3. The highest BCUT2D eigenvalue weighted by molar-refractivity contribution is 5.90. The highest BCUT2D eigenvalue weighted by Gasteiger charge is 2.43. The van der Waals surface area contributed by atoms with Crippen LogP contribution in [0, 0.1) is 10.1 Å². The molecule has 1 aliphatic rings.